The van der Waals surface area contributed by atoms with Crippen LogP contribution in [-0.2, 0) is 0 Å². The van der Waals surface area contributed by atoms with Crippen LogP contribution >= 0.6 is 11.6 Å². The first-order valence-electron chi connectivity index (χ1n) is 4.73. The van der Waals surface area contributed by atoms with Crippen LogP contribution < -0.4 is 4.74 Å². The summed E-state index contributed by atoms with van der Waals surface area (Å²) in [7, 11) is 1.53. The van der Waals surface area contributed by atoms with Crippen molar-refractivity contribution in [2.24, 2.45) is 0 Å². The predicted octanol–water partition coefficient (Wildman–Crippen LogP) is 2.15. The fourth-order valence-corrected chi connectivity index (χ4v) is 1.63. The molecule has 0 spiro atoms. The number of aliphatic hydroxyl groups is 1. The molecule has 1 aromatic carbocycles. The summed E-state index contributed by atoms with van der Waals surface area (Å²) < 4.78 is 5.08. The van der Waals surface area contributed by atoms with Gasteiger partial charge in [0.05, 0.1) is 12.1 Å². The number of nitrogens with one attached hydrogen (secondary N) is 1. The van der Waals surface area contributed by atoms with Gasteiger partial charge in [-0.3, -0.25) is 0 Å². The van der Waals surface area contributed by atoms with Crippen molar-refractivity contribution >= 4 is 11.6 Å². The maximum atomic E-state index is 10.00. The van der Waals surface area contributed by atoms with Gasteiger partial charge in [-0.05, 0) is 17.7 Å². The minimum Gasteiger partial charge on any atom is -0.495 e. The van der Waals surface area contributed by atoms with Crippen molar-refractivity contribution in [1.29, 1.82) is 0 Å². The van der Waals surface area contributed by atoms with Crippen LogP contribution in [0.4, 0.5) is 0 Å². The zero-order chi connectivity index (χ0) is 11.5. The van der Waals surface area contributed by atoms with Gasteiger partial charge in [0.15, 0.2) is 0 Å². The lowest BCUT2D eigenvalue weighted by Gasteiger charge is -2.10. The number of ether oxygens (including phenoxy) is 1. The number of aromatic nitrogens is 2. The lowest BCUT2D eigenvalue weighted by molar-refractivity contribution is 0.210. The average Bonchev–Trinajstić information content (AvgIpc) is 2.82. The minimum absolute atomic E-state index is 0.490. The molecule has 0 radical (unpaired) electrons. The third-order valence-electron chi connectivity index (χ3n) is 2.27. The topological polar surface area (TPSA) is 58.1 Å². The van der Waals surface area contributed by atoms with Gasteiger partial charge in [0, 0.05) is 12.4 Å². The molecule has 0 fully saturated rings. The number of hydrogen-bond donors (Lipinski definition) is 2. The number of halogens is 1. The smallest absolute Gasteiger partial charge is 0.139 e. The second-order valence-electron chi connectivity index (χ2n) is 3.27. The van der Waals surface area contributed by atoms with E-state index in [0.717, 1.165) is 0 Å². The molecule has 0 aliphatic heterocycles. The standard InChI is InChI=1S/C11H11ClN2O2/c1-16-9-6-7(2-3-8(9)12)10(15)11-13-4-5-14-11/h2-6,10,15H,1H3,(H,13,14). The molecule has 1 heterocycles. The van der Waals surface area contributed by atoms with Crippen molar-refractivity contribution in [2.75, 3.05) is 7.11 Å². The van der Waals surface area contributed by atoms with Crippen LogP contribution in [0.1, 0.15) is 17.5 Å². The highest BCUT2D eigenvalue weighted by molar-refractivity contribution is 6.32. The molecule has 0 aliphatic rings. The number of benzene rings is 1. The molecule has 1 aromatic heterocycles. The number of methoxy groups -OCH3 is 1. The molecule has 2 rings (SSSR count). The zero-order valence-corrected chi connectivity index (χ0v) is 9.40. The predicted molar refractivity (Wildman–Crippen MR) is 60.7 cm³/mol. The van der Waals surface area contributed by atoms with E-state index in [4.69, 9.17) is 16.3 Å². The van der Waals surface area contributed by atoms with E-state index in [2.05, 4.69) is 9.97 Å². The van der Waals surface area contributed by atoms with Gasteiger partial charge in [0.25, 0.3) is 0 Å². The van der Waals surface area contributed by atoms with E-state index in [1.165, 1.54) is 7.11 Å². The Kier molecular flexibility index (Phi) is 3.12. The second kappa shape index (κ2) is 4.55. The van der Waals surface area contributed by atoms with E-state index in [9.17, 15) is 5.11 Å². The van der Waals surface area contributed by atoms with Crippen LogP contribution in [-0.4, -0.2) is 22.2 Å². The quantitative estimate of drug-likeness (QED) is 0.862. The van der Waals surface area contributed by atoms with Crippen LogP contribution in [0.2, 0.25) is 5.02 Å². The Hall–Kier alpha value is -1.52. The summed E-state index contributed by atoms with van der Waals surface area (Å²) in [5.74, 6) is 1.02. The number of aromatic amines is 1. The van der Waals surface area contributed by atoms with Crippen LogP contribution in [0.3, 0.4) is 0 Å². The third kappa shape index (κ3) is 2.03. The SMILES string of the molecule is COc1cc(C(O)c2ncc[nH]2)ccc1Cl. The first-order valence-corrected chi connectivity index (χ1v) is 5.11. The molecule has 2 aromatic rings. The highest BCUT2D eigenvalue weighted by Crippen LogP contribution is 2.29. The third-order valence-corrected chi connectivity index (χ3v) is 2.58. The largest absolute Gasteiger partial charge is 0.495 e. The molecular formula is C11H11ClN2O2. The maximum absolute atomic E-state index is 10.00. The van der Waals surface area contributed by atoms with Gasteiger partial charge in [-0.2, -0.15) is 0 Å². The Morgan fingerprint density at radius 2 is 2.31 bits per heavy atom. The van der Waals surface area contributed by atoms with Crippen molar-refractivity contribution in [3.05, 3.63) is 47.0 Å². The molecule has 2 N–H and O–H groups in total. The Labute approximate surface area is 97.9 Å². The second-order valence-corrected chi connectivity index (χ2v) is 3.68. The summed E-state index contributed by atoms with van der Waals surface area (Å²) >= 11 is 5.90. The molecule has 16 heavy (non-hydrogen) atoms. The van der Waals surface area contributed by atoms with Gasteiger partial charge < -0.3 is 14.8 Å². The molecule has 0 saturated carbocycles. The summed E-state index contributed by atoms with van der Waals surface area (Å²) in [6.07, 6.45) is 2.44. The Morgan fingerprint density at radius 1 is 1.50 bits per heavy atom. The first kappa shape index (κ1) is 11.0. The fraction of sp³-hybridized carbons (Fsp3) is 0.182. The molecular weight excluding hydrogens is 228 g/mol. The van der Waals surface area contributed by atoms with Crippen molar-refractivity contribution in [3.63, 3.8) is 0 Å². The first-order chi connectivity index (χ1) is 7.72. The van der Waals surface area contributed by atoms with Crippen LogP contribution in [0.25, 0.3) is 0 Å². The summed E-state index contributed by atoms with van der Waals surface area (Å²) in [5, 5.41) is 10.5. The van der Waals surface area contributed by atoms with E-state index >= 15 is 0 Å². The van der Waals surface area contributed by atoms with Gasteiger partial charge in [-0.15, -0.1) is 0 Å². The van der Waals surface area contributed by atoms with Crippen molar-refractivity contribution in [1.82, 2.24) is 9.97 Å². The van der Waals surface area contributed by atoms with Gasteiger partial charge >= 0.3 is 0 Å². The van der Waals surface area contributed by atoms with Crippen molar-refractivity contribution in [3.8, 4) is 5.75 Å². The van der Waals surface area contributed by atoms with E-state index in [1.54, 1.807) is 30.6 Å². The number of rotatable bonds is 3. The molecule has 1 unspecified atom stereocenters. The lowest BCUT2D eigenvalue weighted by atomic mass is 10.1. The Morgan fingerprint density at radius 3 is 2.94 bits per heavy atom. The monoisotopic (exact) mass is 238 g/mol. The Balaban J connectivity index is 2.34. The van der Waals surface area contributed by atoms with Gasteiger partial charge in [0.2, 0.25) is 0 Å². The molecule has 0 aliphatic carbocycles. The highest BCUT2D eigenvalue weighted by atomic mass is 35.5. The van der Waals surface area contributed by atoms with E-state index in [0.29, 0.717) is 22.2 Å². The summed E-state index contributed by atoms with van der Waals surface area (Å²) in [6.45, 7) is 0. The molecule has 1 atom stereocenters. The van der Waals surface area contributed by atoms with Gasteiger partial charge in [0.1, 0.15) is 17.7 Å². The normalized spacial score (nSPS) is 12.4. The van der Waals surface area contributed by atoms with Crippen LogP contribution in [0.5, 0.6) is 5.75 Å². The molecule has 0 amide bonds. The molecule has 5 heteroatoms. The number of hydrogen-bond acceptors (Lipinski definition) is 3. The van der Waals surface area contributed by atoms with Crippen molar-refractivity contribution in [2.45, 2.75) is 6.10 Å². The minimum atomic E-state index is -0.804. The van der Waals surface area contributed by atoms with E-state index in [1.807, 2.05) is 0 Å². The molecule has 4 nitrogen and oxygen atoms in total. The average molecular weight is 239 g/mol. The molecule has 0 saturated heterocycles. The van der Waals surface area contributed by atoms with Crippen molar-refractivity contribution < 1.29 is 9.84 Å². The number of aliphatic hydroxyl groups excluding tert-OH is 1. The summed E-state index contributed by atoms with van der Waals surface area (Å²) in [5.41, 5.74) is 0.677. The highest BCUT2D eigenvalue weighted by Gasteiger charge is 2.14. The zero-order valence-electron chi connectivity index (χ0n) is 8.64. The summed E-state index contributed by atoms with van der Waals surface area (Å²) in [4.78, 5) is 6.84. The number of imidazole rings is 1. The number of nitrogens with zero attached hydrogens (tertiary/aromatic N) is 1. The summed E-state index contributed by atoms with van der Waals surface area (Å²) in [6, 6.07) is 5.11. The van der Waals surface area contributed by atoms with Gasteiger partial charge in [-0.1, -0.05) is 17.7 Å². The van der Waals surface area contributed by atoms with E-state index < -0.39 is 6.10 Å². The van der Waals surface area contributed by atoms with E-state index in [-0.39, 0.29) is 0 Å². The maximum Gasteiger partial charge on any atom is 0.139 e. The van der Waals surface area contributed by atoms with Crippen LogP contribution in [0.15, 0.2) is 30.6 Å². The van der Waals surface area contributed by atoms with Gasteiger partial charge in [-0.25, -0.2) is 4.98 Å². The number of H-pyrrole nitrogens is 1. The fourth-order valence-electron chi connectivity index (χ4n) is 1.43. The molecule has 0 bridgehead atoms. The molecule has 84 valence electrons. The van der Waals surface area contributed by atoms with Crippen LogP contribution in [0, 0.1) is 0 Å². The lowest BCUT2D eigenvalue weighted by Crippen LogP contribution is -2.02. The Bertz CT molecular complexity index is 471.